The van der Waals surface area contributed by atoms with E-state index in [9.17, 15) is 13.6 Å². The number of likely N-dealkylation sites (tertiary alicyclic amines) is 1. The van der Waals surface area contributed by atoms with Crippen molar-refractivity contribution in [2.75, 3.05) is 13.1 Å². The van der Waals surface area contributed by atoms with Crippen molar-refractivity contribution in [3.05, 3.63) is 60.0 Å². The van der Waals surface area contributed by atoms with Crippen LogP contribution < -0.4 is 0 Å². The summed E-state index contributed by atoms with van der Waals surface area (Å²) in [4.78, 5) is 21.5. The number of hydrogen-bond donors (Lipinski definition) is 0. The summed E-state index contributed by atoms with van der Waals surface area (Å²) < 4.78 is 26.7. The molecule has 0 saturated carbocycles. The number of halogens is 2. The fraction of sp³-hybridized carbons (Fsp3) is 0.250. The van der Waals surface area contributed by atoms with Crippen molar-refractivity contribution in [1.82, 2.24) is 14.9 Å². The Hall–Kier alpha value is -2.73. The highest BCUT2D eigenvalue weighted by Gasteiger charge is 2.37. The average Bonchev–Trinajstić information content (AvgIpc) is 2.99. The van der Waals surface area contributed by atoms with Gasteiger partial charge in [0.2, 0.25) is 0 Å². The smallest absolute Gasteiger partial charge is 0.261 e. The Bertz CT molecular complexity index is 974. The summed E-state index contributed by atoms with van der Waals surface area (Å²) >= 11 is 0. The van der Waals surface area contributed by atoms with Gasteiger partial charge in [0, 0.05) is 54.6 Å². The third-order valence-corrected chi connectivity index (χ3v) is 4.69. The number of alkyl halides is 2. The van der Waals surface area contributed by atoms with E-state index in [4.69, 9.17) is 0 Å². The SMILES string of the molecule is O=Cc1ccnc2ccc(-c3cncc(CN4CCC(F)(F)C4)c3)cc12. The lowest BCUT2D eigenvalue weighted by molar-refractivity contribution is 0.0115. The lowest BCUT2D eigenvalue weighted by Gasteiger charge is -2.16. The molecule has 1 aromatic carbocycles. The average molecular weight is 353 g/mol. The summed E-state index contributed by atoms with van der Waals surface area (Å²) in [7, 11) is 0. The van der Waals surface area contributed by atoms with Crippen LogP contribution in [0.25, 0.3) is 22.0 Å². The molecule has 4 rings (SSSR count). The van der Waals surface area contributed by atoms with Crippen molar-refractivity contribution < 1.29 is 13.6 Å². The number of carbonyl (C=O) groups excluding carboxylic acids is 1. The Balaban J connectivity index is 1.64. The zero-order valence-electron chi connectivity index (χ0n) is 14.0. The largest absolute Gasteiger partial charge is 0.298 e. The highest BCUT2D eigenvalue weighted by atomic mass is 19.3. The third-order valence-electron chi connectivity index (χ3n) is 4.69. The van der Waals surface area contributed by atoms with Gasteiger partial charge in [0.15, 0.2) is 6.29 Å². The Morgan fingerprint density at radius 2 is 2.04 bits per heavy atom. The normalized spacial score (nSPS) is 16.8. The minimum atomic E-state index is -2.60. The van der Waals surface area contributed by atoms with E-state index in [1.807, 2.05) is 24.3 Å². The predicted molar refractivity (Wildman–Crippen MR) is 95.2 cm³/mol. The van der Waals surface area contributed by atoms with Crippen LogP contribution in [0.4, 0.5) is 8.78 Å². The molecule has 1 aliphatic heterocycles. The molecule has 0 atom stereocenters. The standard InChI is InChI=1S/C20H17F2N3O/c21-20(22)4-6-25(13-20)11-14-7-17(10-23-9-14)15-1-2-19-18(8-15)16(12-26)3-5-24-19/h1-3,5,7-10,12H,4,6,11,13H2. The quantitative estimate of drug-likeness (QED) is 0.666. The highest BCUT2D eigenvalue weighted by Crippen LogP contribution is 2.29. The molecule has 3 heterocycles. The van der Waals surface area contributed by atoms with Gasteiger partial charge in [-0.25, -0.2) is 8.78 Å². The second-order valence-electron chi connectivity index (χ2n) is 6.65. The molecular weight excluding hydrogens is 336 g/mol. The second kappa shape index (κ2) is 6.53. The van der Waals surface area contributed by atoms with E-state index < -0.39 is 5.92 Å². The lowest BCUT2D eigenvalue weighted by atomic mass is 10.0. The first kappa shape index (κ1) is 16.7. The summed E-state index contributed by atoms with van der Waals surface area (Å²) in [5.74, 6) is -2.60. The van der Waals surface area contributed by atoms with Crippen molar-refractivity contribution in [3.63, 3.8) is 0 Å². The van der Waals surface area contributed by atoms with E-state index in [0.29, 0.717) is 18.7 Å². The highest BCUT2D eigenvalue weighted by molar-refractivity contribution is 5.98. The number of hydrogen-bond acceptors (Lipinski definition) is 4. The van der Waals surface area contributed by atoms with Crippen LogP contribution in [0.15, 0.2) is 48.9 Å². The Kier molecular flexibility index (Phi) is 4.20. The molecular formula is C20H17F2N3O. The van der Waals surface area contributed by atoms with Crippen LogP contribution in [0.2, 0.25) is 0 Å². The fourth-order valence-electron chi connectivity index (χ4n) is 3.38. The molecule has 0 spiro atoms. The predicted octanol–water partition coefficient (Wildman–Crippen LogP) is 3.95. The molecule has 26 heavy (non-hydrogen) atoms. The van der Waals surface area contributed by atoms with Gasteiger partial charge in [-0.1, -0.05) is 6.07 Å². The van der Waals surface area contributed by atoms with Gasteiger partial charge in [-0.15, -0.1) is 0 Å². The van der Waals surface area contributed by atoms with Crippen molar-refractivity contribution >= 4 is 17.2 Å². The minimum Gasteiger partial charge on any atom is -0.298 e. The Morgan fingerprint density at radius 1 is 1.15 bits per heavy atom. The number of aldehydes is 1. The van der Waals surface area contributed by atoms with Gasteiger partial charge >= 0.3 is 0 Å². The molecule has 3 aromatic rings. The van der Waals surface area contributed by atoms with Gasteiger partial charge in [0.25, 0.3) is 5.92 Å². The topological polar surface area (TPSA) is 46.1 Å². The number of fused-ring (bicyclic) bond motifs is 1. The number of nitrogens with zero attached hydrogens (tertiary/aromatic N) is 3. The monoisotopic (exact) mass is 353 g/mol. The van der Waals surface area contributed by atoms with E-state index in [0.717, 1.165) is 33.9 Å². The van der Waals surface area contributed by atoms with E-state index in [1.165, 1.54) is 0 Å². The van der Waals surface area contributed by atoms with Gasteiger partial charge in [-0.2, -0.15) is 0 Å². The first-order chi connectivity index (χ1) is 12.5. The zero-order chi connectivity index (χ0) is 18.1. The Labute approximate surface area is 149 Å². The molecule has 0 unspecified atom stereocenters. The molecule has 1 fully saturated rings. The van der Waals surface area contributed by atoms with Crippen molar-refractivity contribution in [2.45, 2.75) is 18.9 Å². The molecule has 6 heteroatoms. The van der Waals surface area contributed by atoms with E-state index in [2.05, 4.69) is 9.97 Å². The maximum Gasteiger partial charge on any atom is 0.261 e. The maximum absolute atomic E-state index is 13.4. The number of benzene rings is 1. The molecule has 4 nitrogen and oxygen atoms in total. The number of carbonyl (C=O) groups is 1. The van der Waals surface area contributed by atoms with Crippen molar-refractivity contribution in [1.29, 1.82) is 0 Å². The molecule has 132 valence electrons. The van der Waals surface area contributed by atoms with Gasteiger partial charge in [0.05, 0.1) is 12.1 Å². The van der Waals surface area contributed by atoms with Crippen LogP contribution in [0, 0.1) is 0 Å². The summed E-state index contributed by atoms with van der Waals surface area (Å²) in [5, 5.41) is 0.782. The molecule has 2 aromatic heterocycles. The van der Waals surface area contributed by atoms with Crippen molar-refractivity contribution in [2.24, 2.45) is 0 Å². The Morgan fingerprint density at radius 3 is 2.81 bits per heavy atom. The zero-order valence-corrected chi connectivity index (χ0v) is 14.0. The first-order valence-electron chi connectivity index (χ1n) is 8.42. The number of rotatable bonds is 4. The van der Waals surface area contributed by atoms with E-state index in [1.54, 1.807) is 29.6 Å². The summed E-state index contributed by atoms with van der Waals surface area (Å²) in [5.41, 5.74) is 4.02. The van der Waals surface area contributed by atoms with Crippen LogP contribution in [0.3, 0.4) is 0 Å². The van der Waals surface area contributed by atoms with Crippen LogP contribution in [-0.2, 0) is 6.54 Å². The van der Waals surface area contributed by atoms with Crippen LogP contribution >= 0.6 is 0 Å². The number of pyridine rings is 2. The lowest BCUT2D eigenvalue weighted by Crippen LogP contribution is -2.24. The van der Waals surface area contributed by atoms with Crippen LogP contribution in [0.5, 0.6) is 0 Å². The third kappa shape index (κ3) is 3.32. The van der Waals surface area contributed by atoms with E-state index >= 15 is 0 Å². The maximum atomic E-state index is 13.4. The molecule has 0 amide bonds. The molecule has 1 saturated heterocycles. The molecule has 0 aliphatic carbocycles. The minimum absolute atomic E-state index is 0.0910. The number of aromatic nitrogens is 2. The fourth-order valence-corrected chi connectivity index (χ4v) is 3.38. The van der Waals surface area contributed by atoms with Crippen LogP contribution in [0.1, 0.15) is 22.3 Å². The summed E-state index contributed by atoms with van der Waals surface area (Å²) in [6, 6.07) is 9.35. The molecule has 0 N–H and O–H groups in total. The second-order valence-corrected chi connectivity index (χ2v) is 6.65. The summed E-state index contributed by atoms with van der Waals surface area (Å²) in [6.45, 7) is 0.633. The van der Waals surface area contributed by atoms with Crippen molar-refractivity contribution in [3.8, 4) is 11.1 Å². The van der Waals surface area contributed by atoms with E-state index in [-0.39, 0.29) is 13.0 Å². The first-order valence-corrected chi connectivity index (χ1v) is 8.42. The van der Waals surface area contributed by atoms with Gasteiger partial charge in [-0.3, -0.25) is 19.7 Å². The van der Waals surface area contributed by atoms with Gasteiger partial charge in [0.1, 0.15) is 0 Å². The van der Waals surface area contributed by atoms with Crippen LogP contribution in [-0.4, -0.2) is 40.2 Å². The summed E-state index contributed by atoms with van der Waals surface area (Å²) in [6.07, 6.45) is 5.78. The van der Waals surface area contributed by atoms with Gasteiger partial charge < -0.3 is 0 Å². The molecule has 0 bridgehead atoms. The van der Waals surface area contributed by atoms with Gasteiger partial charge in [-0.05, 0) is 35.4 Å². The molecule has 0 radical (unpaired) electrons. The molecule has 1 aliphatic rings.